The standard InChI is InChI=1S/C16H32N2O/c1-4-16(5-2)11-15(8-10-19-16)17-12-14-7-6-9-18(3)13-14/h14-15,17H,4-13H2,1-3H3. The summed E-state index contributed by atoms with van der Waals surface area (Å²) >= 11 is 0. The van der Waals surface area contributed by atoms with Crippen molar-refractivity contribution in [3.8, 4) is 0 Å². The van der Waals surface area contributed by atoms with Crippen molar-refractivity contribution < 1.29 is 4.74 Å². The Balaban J connectivity index is 1.76. The molecule has 2 unspecified atom stereocenters. The van der Waals surface area contributed by atoms with Crippen LogP contribution in [0.3, 0.4) is 0 Å². The Morgan fingerprint density at radius 1 is 1.26 bits per heavy atom. The van der Waals surface area contributed by atoms with Crippen LogP contribution >= 0.6 is 0 Å². The molecule has 2 saturated heterocycles. The molecular weight excluding hydrogens is 236 g/mol. The highest BCUT2D eigenvalue weighted by atomic mass is 16.5. The molecule has 0 bridgehead atoms. The number of ether oxygens (including phenoxy) is 1. The zero-order chi connectivity index (χ0) is 13.7. The fourth-order valence-corrected chi connectivity index (χ4v) is 3.72. The van der Waals surface area contributed by atoms with Gasteiger partial charge in [-0.1, -0.05) is 13.8 Å². The minimum absolute atomic E-state index is 0.152. The summed E-state index contributed by atoms with van der Waals surface area (Å²) in [5, 5.41) is 3.83. The van der Waals surface area contributed by atoms with Crippen molar-refractivity contribution in [2.24, 2.45) is 5.92 Å². The molecule has 0 radical (unpaired) electrons. The highest BCUT2D eigenvalue weighted by Gasteiger charge is 2.34. The number of hydrogen-bond acceptors (Lipinski definition) is 3. The van der Waals surface area contributed by atoms with Gasteiger partial charge in [-0.25, -0.2) is 0 Å². The predicted octanol–water partition coefficient (Wildman–Crippen LogP) is 2.66. The lowest BCUT2D eigenvalue weighted by Crippen LogP contribution is -2.48. The van der Waals surface area contributed by atoms with Gasteiger partial charge in [0.25, 0.3) is 0 Å². The molecule has 19 heavy (non-hydrogen) atoms. The molecule has 112 valence electrons. The van der Waals surface area contributed by atoms with Crippen molar-refractivity contribution in [1.29, 1.82) is 0 Å². The Kier molecular flexibility index (Phi) is 5.67. The van der Waals surface area contributed by atoms with Crippen molar-refractivity contribution in [3.05, 3.63) is 0 Å². The molecular formula is C16H32N2O. The smallest absolute Gasteiger partial charge is 0.0692 e. The zero-order valence-corrected chi connectivity index (χ0v) is 13.1. The maximum Gasteiger partial charge on any atom is 0.0692 e. The van der Waals surface area contributed by atoms with Crippen LogP contribution in [0.2, 0.25) is 0 Å². The lowest BCUT2D eigenvalue weighted by molar-refractivity contribution is -0.0934. The molecule has 0 aliphatic carbocycles. The van der Waals surface area contributed by atoms with E-state index in [1.54, 1.807) is 0 Å². The number of likely N-dealkylation sites (tertiary alicyclic amines) is 1. The minimum atomic E-state index is 0.152. The van der Waals surface area contributed by atoms with Gasteiger partial charge in [-0.2, -0.15) is 0 Å². The Hall–Kier alpha value is -0.120. The summed E-state index contributed by atoms with van der Waals surface area (Å²) in [4.78, 5) is 2.47. The van der Waals surface area contributed by atoms with Crippen molar-refractivity contribution in [1.82, 2.24) is 10.2 Å². The van der Waals surface area contributed by atoms with Crippen LogP contribution in [0.15, 0.2) is 0 Å². The van der Waals surface area contributed by atoms with Gasteiger partial charge in [0.1, 0.15) is 0 Å². The van der Waals surface area contributed by atoms with Gasteiger partial charge in [0.15, 0.2) is 0 Å². The maximum absolute atomic E-state index is 6.05. The first-order valence-corrected chi connectivity index (χ1v) is 8.23. The Morgan fingerprint density at radius 2 is 2.05 bits per heavy atom. The van der Waals surface area contributed by atoms with Gasteiger partial charge >= 0.3 is 0 Å². The molecule has 2 rings (SSSR count). The van der Waals surface area contributed by atoms with Gasteiger partial charge in [0, 0.05) is 19.2 Å². The number of rotatable bonds is 5. The molecule has 0 saturated carbocycles. The van der Waals surface area contributed by atoms with Crippen molar-refractivity contribution in [3.63, 3.8) is 0 Å². The van der Waals surface area contributed by atoms with E-state index in [-0.39, 0.29) is 5.60 Å². The molecule has 0 aromatic rings. The molecule has 2 aliphatic rings. The molecule has 0 spiro atoms. The largest absolute Gasteiger partial charge is 0.375 e. The predicted molar refractivity (Wildman–Crippen MR) is 80.5 cm³/mol. The molecule has 3 heteroatoms. The second kappa shape index (κ2) is 7.05. The molecule has 2 atom stereocenters. The Labute approximate surface area is 119 Å². The topological polar surface area (TPSA) is 24.5 Å². The highest BCUT2D eigenvalue weighted by Crippen LogP contribution is 2.31. The minimum Gasteiger partial charge on any atom is -0.375 e. The first-order chi connectivity index (χ1) is 9.17. The number of hydrogen-bond donors (Lipinski definition) is 1. The van der Waals surface area contributed by atoms with Crippen LogP contribution in [0.1, 0.15) is 52.4 Å². The van der Waals surface area contributed by atoms with Crippen LogP contribution in [0.5, 0.6) is 0 Å². The van der Waals surface area contributed by atoms with E-state index in [0.717, 1.165) is 25.4 Å². The fourth-order valence-electron chi connectivity index (χ4n) is 3.72. The maximum atomic E-state index is 6.05. The van der Waals surface area contributed by atoms with Gasteiger partial charge in [-0.3, -0.25) is 0 Å². The molecule has 2 fully saturated rings. The molecule has 1 N–H and O–H groups in total. The van der Waals surface area contributed by atoms with Gasteiger partial charge in [0.05, 0.1) is 5.60 Å². The quantitative estimate of drug-likeness (QED) is 0.829. The normalized spacial score (nSPS) is 32.4. The molecule has 0 amide bonds. The molecule has 0 aromatic heterocycles. The SMILES string of the molecule is CCC1(CC)CC(NCC2CCCN(C)C2)CCO1. The van der Waals surface area contributed by atoms with Crippen LogP contribution < -0.4 is 5.32 Å². The Bertz CT molecular complexity index is 265. The van der Waals surface area contributed by atoms with E-state index >= 15 is 0 Å². The number of nitrogens with one attached hydrogen (secondary N) is 1. The van der Waals surface area contributed by atoms with E-state index < -0.39 is 0 Å². The Morgan fingerprint density at radius 3 is 2.74 bits per heavy atom. The molecule has 2 aliphatic heterocycles. The second-order valence-electron chi connectivity index (χ2n) is 6.61. The summed E-state index contributed by atoms with van der Waals surface area (Å²) < 4.78 is 6.05. The van der Waals surface area contributed by atoms with E-state index in [9.17, 15) is 0 Å². The van der Waals surface area contributed by atoms with E-state index in [2.05, 4.69) is 31.1 Å². The average Bonchev–Trinajstić information content (AvgIpc) is 2.45. The fraction of sp³-hybridized carbons (Fsp3) is 1.00. The summed E-state index contributed by atoms with van der Waals surface area (Å²) in [6.45, 7) is 9.21. The third kappa shape index (κ3) is 4.17. The van der Waals surface area contributed by atoms with Crippen molar-refractivity contribution >= 4 is 0 Å². The highest BCUT2D eigenvalue weighted by molar-refractivity contribution is 4.88. The van der Waals surface area contributed by atoms with Crippen LogP contribution in [-0.4, -0.2) is 49.8 Å². The summed E-state index contributed by atoms with van der Waals surface area (Å²) in [5.74, 6) is 0.847. The van der Waals surface area contributed by atoms with Crippen LogP contribution in [0.25, 0.3) is 0 Å². The number of piperidine rings is 1. The van der Waals surface area contributed by atoms with Gasteiger partial charge < -0.3 is 15.0 Å². The second-order valence-corrected chi connectivity index (χ2v) is 6.61. The summed E-state index contributed by atoms with van der Waals surface area (Å²) in [6, 6.07) is 0.667. The van der Waals surface area contributed by atoms with Crippen molar-refractivity contribution in [2.45, 2.75) is 64.0 Å². The van der Waals surface area contributed by atoms with Crippen LogP contribution in [0, 0.1) is 5.92 Å². The van der Waals surface area contributed by atoms with E-state index in [1.165, 1.54) is 45.3 Å². The van der Waals surface area contributed by atoms with E-state index in [4.69, 9.17) is 4.74 Å². The third-order valence-electron chi connectivity index (χ3n) is 5.20. The summed E-state index contributed by atoms with van der Waals surface area (Å²) in [5.41, 5.74) is 0.152. The van der Waals surface area contributed by atoms with Gasteiger partial charge in [-0.15, -0.1) is 0 Å². The summed E-state index contributed by atoms with van der Waals surface area (Å²) in [6.07, 6.45) is 7.44. The van der Waals surface area contributed by atoms with Gasteiger partial charge in [0.2, 0.25) is 0 Å². The zero-order valence-electron chi connectivity index (χ0n) is 13.1. The molecule has 0 aromatic carbocycles. The van der Waals surface area contributed by atoms with Gasteiger partial charge in [-0.05, 0) is 64.6 Å². The first kappa shape index (κ1) is 15.3. The van der Waals surface area contributed by atoms with E-state index in [1.807, 2.05) is 0 Å². The molecule has 3 nitrogen and oxygen atoms in total. The lowest BCUT2D eigenvalue weighted by atomic mass is 9.85. The third-order valence-corrected chi connectivity index (χ3v) is 5.20. The first-order valence-electron chi connectivity index (χ1n) is 8.23. The monoisotopic (exact) mass is 268 g/mol. The number of nitrogens with zero attached hydrogens (tertiary/aromatic N) is 1. The van der Waals surface area contributed by atoms with Crippen molar-refractivity contribution in [2.75, 3.05) is 33.3 Å². The van der Waals surface area contributed by atoms with E-state index in [0.29, 0.717) is 6.04 Å². The lowest BCUT2D eigenvalue weighted by Gasteiger charge is -2.41. The van der Waals surface area contributed by atoms with Crippen LogP contribution in [-0.2, 0) is 4.74 Å². The summed E-state index contributed by atoms with van der Waals surface area (Å²) in [7, 11) is 2.25. The average molecular weight is 268 g/mol. The molecule has 2 heterocycles. The van der Waals surface area contributed by atoms with Crippen LogP contribution in [0.4, 0.5) is 0 Å².